The number of nitrogen functional groups attached to an aromatic ring is 1. The SMILES string of the molecule is Nc1cccc2c1CN(C(=O)c1ccccc1I)CC2. The molecule has 0 atom stereocenters. The summed E-state index contributed by atoms with van der Waals surface area (Å²) < 4.78 is 0.988. The highest BCUT2D eigenvalue weighted by molar-refractivity contribution is 14.1. The molecule has 2 aromatic carbocycles. The van der Waals surface area contributed by atoms with Crippen molar-refractivity contribution in [1.29, 1.82) is 0 Å². The Bertz CT molecular complexity index is 669. The molecule has 0 radical (unpaired) electrons. The second-order valence-corrected chi connectivity index (χ2v) is 6.10. The van der Waals surface area contributed by atoms with Crippen molar-refractivity contribution in [1.82, 2.24) is 4.90 Å². The zero-order chi connectivity index (χ0) is 14.1. The molecule has 1 heterocycles. The molecule has 4 heteroatoms. The number of hydrogen-bond acceptors (Lipinski definition) is 2. The molecule has 2 aromatic rings. The summed E-state index contributed by atoms with van der Waals surface area (Å²) >= 11 is 2.21. The largest absolute Gasteiger partial charge is 0.398 e. The predicted octanol–water partition coefficient (Wildman–Crippen LogP) is 3.07. The molecule has 3 nitrogen and oxygen atoms in total. The maximum absolute atomic E-state index is 12.6. The van der Waals surface area contributed by atoms with Crippen LogP contribution in [0.25, 0.3) is 0 Å². The number of hydrogen-bond donors (Lipinski definition) is 1. The van der Waals surface area contributed by atoms with Gasteiger partial charge in [0.15, 0.2) is 0 Å². The lowest BCUT2D eigenvalue weighted by molar-refractivity contribution is 0.0734. The second kappa shape index (κ2) is 5.44. The van der Waals surface area contributed by atoms with Crippen LogP contribution in [0.5, 0.6) is 0 Å². The van der Waals surface area contributed by atoms with Crippen LogP contribution in [0.3, 0.4) is 0 Å². The van der Waals surface area contributed by atoms with E-state index in [1.807, 2.05) is 41.3 Å². The number of nitrogens with two attached hydrogens (primary N) is 1. The van der Waals surface area contributed by atoms with Gasteiger partial charge in [0.1, 0.15) is 0 Å². The summed E-state index contributed by atoms with van der Waals surface area (Å²) in [5.41, 5.74) is 9.94. The van der Waals surface area contributed by atoms with Gasteiger partial charge in [-0.25, -0.2) is 0 Å². The molecule has 0 fully saturated rings. The van der Waals surface area contributed by atoms with Crippen LogP contribution in [-0.2, 0) is 13.0 Å². The zero-order valence-electron chi connectivity index (χ0n) is 11.0. The standard InChI is InChI=1S/C16H15IN2O/c17-14-6-2-1-5-12(14)16(20)19-9-8-11-4-3-7-15(18)13(11)10-19/h1-7H,8-10,18H2. The fourth-order valence-corrected chi connectivity index (χ4v) is 3.20. The third-order valence-electron chi connectivity index (χ3n) is 3.70. The van der Waals surface area contributed by atoms with E-state index in [4.69, 9.17) is 5.73 Å². The minimum absolute atomic E-state index is 0.0869. The molecule has 0 saturated heterocycles. The van der Waals surface area contributed by atoms with Crippen LogP contribution in [0, 0.1) is 3.57 Å². The summed E-state index contributed by atoms with van der Waals surface area (Å²) in [5.74, 6) is 0.0869. The number of rotatable bonds is 1. The first-order chi connectivity index (χ1) is 9.66. The smallest absolute Gasteiger partial charge is 0.255 e. The van der Waals surface area contributed by atoms with E-state index in [-0.39, 0.29) is 5.91 Å². The fraction of sp³-hybridized carbons (Fsp3) is 0.188. The molecule has 3 rings (SSSR count). The Morgan fingerprint density at radius 1 is 1.15 bits per heavy atom. The summed E-state index contributed by atoms with van der Waals surface area (Å²) in [6, 6.07) is 13.7. The molecule has 0 spiro atoms. The van der Waals surface area contributed by atoms with E-state index in [9.17, 15) is 4.79 Å². The van der Waals surface area contributed by atoms with E-state index in [2.05, 4.69) is 28.7 Å². The first kappa shape index (κ1) is 13.4. The van der Waals surface area contributed by atoms with Crippen molar-refractivity contribution in [2.45, 2.75) is 13.0 Å². The van der Waals surface area contributed by atoms with Gasteiger partial charge in [-0.1, -0.05) is 24.3 Å². The third-order valence-corrected chi connectivity index (χ3v) is 4.64. The number of amides is 1. The first-order valence-corrected chi connectivity index (χ1v) is 7.65. The molecule has 0 unspecified atom stereocenters. The summed E-state index contributed by atoms with van der Waals surface area (Å²) in [6.45, 7) is 1.35. The van der Waals surface area contributed by atoms with Crippen molar-refractivity contribution in [2.24, 2.45) is 0 Å². The van der Waals surface area contributed by atoms with Gasteiger partial charge in [0.2, 0.25) is 0 Å². The molecule has 0 saturated carbocycles. The quantitative estimate of drug-likeness (QED) is 0.613. The Labute approximate surface area is 131 Å². The summed E-state index contributed by atoms with van der Waals surface area (Å²) in [7, 11) is 0. The lowest BCUT2D eigenvalue weighted by Crippen LogP contribution is -2.36. The monoisotopic (exact) mass is 378 g/mol. The van der Waals surface area contributed by atoms with Crippen LogP contribution in [0.1, 0.15) is 21.5 Å². The van der Waals surface area contributed by atoms with Crippen molar-refractivity contribution >= 4 is 34.2 Å². The van der Waals surface area contributed by atoms with Crippen molar-refractivity contribution in [3.05, 3.63) is 62.7 Å². The molecular weight excluding hydrogens is 363 g/mol. The van der Waals surface area contributed by atoms with Gasteiger partial charge in [0, 0.05) is 22.3 Å². The normalized spacial score (nSPS) is 13.9. The van der Waals surface area contributed by atoms with Crippen molar-refractivity contribution in [3.63, 3.8) is 0 Å². The molecule has 0 bridgehead atoms. The van der Waals surface area contributed by atoms with Crippen LogP contribution in [-0.4, -0.2) is 17.4 Å². The number of fused-ring (bicyclic) bond motifs is 1. The number of nitrogens with zero attached hydrogens (tertiary/aromatic N) is 1. The van der Waals surface area contributed by atoms with Crippen LogP contribution in [0.4, 0.5) is 5.69 Å². The van der Waals surface area contributed by atoms with E-state index in [0.717, 1.165) is 33.4 Å². The minimum Gasteiger partial charge on any atom is -0.398 e. The lowest BCUT2D eigenvalue weighted by Gasteiger charge is -2.30. The molecule has 1 aliphatic rings. The maximum Gasteiger partial charge on any atom is 0.255 e. The molecule has 2 N–H and O–H groups in total. The van der Waals surface area contributed by atoms with Gasteiger partial charge >= 0.3 is 0 Å². The van der Waals surface area contributed by atoms with Crippen LogP contribution < -0.4 is 5.73 Å². The Kier molecular flexibility index (Phi) is 3.65. The maximum atomic E-state index is 12.6. The Hall–Kier alpha value is -1.56. The fourth-order valence-electron chi connectivity index (χ4n) is 2.59. The Balaban J connectivity index is 1.89. The highest BCUT2D eigenvalue weighted by atomic mass is 127. The molecule has 0 aromatic heterocycles. The average molecular weight is 378 g/mol. The van der Waals surface area contributed by atoms with Crippen LogP contribution in [0.15, 0.2) is 42.5 Å². The highest BCUT2D eigenvalue weighted by Gasteiger charge is 2.23. The van der Waals surface area contributed by atoms with E-state index < -0.39 is 0 Å². The number of anilines is 1. The first-order valence-electron chi connectivity index (χ1n) is 6.57. The molecule has 1 amide bonds. The third kappa shape index (κ3) is 2.40. The zero-order valence-corrected chi connectivity index (χ0v) is 13.1. The molecular formula is C16H15IN2O. The summed E-state index contributed by atoms with van der Waals surface area (Å²) in [4.78, 5) is 14.5. The number of carbonyl (C=O) groups excluding carboxylic acids is 1. The van der Waals surface area contributed by atoms with Gasteiger partial charge in [0.25, 0.3) is 5.91 Å². The lowest BCUT2D eigenvalue weighted by atomic mass is 9.97. The van der Waals surface area contributed by atoms with Crippen LogP contribution >= 0.6 is 22.6 Å². The van der Waals surface area contributed by atoms with Gasteiger partial charge in [-0.15, -0.1) is 0 Å². The van der Waals surface area contributed by atoms with Gasteiger partial charge in [-0.3, -0.25) is 4.79 Å². The molecule has 20 heavy (non-hydrogen) atoms. The van der Waals surface area contributed by atoms with E-state index in [1.54, 1.807) is 0 Å². The van der Waals surface area contributed by atoms with Gasteiger partial charge in [-0.2, -0.15) is 0 Å². The van der Waals surface area contributed by atoms with E-state index in [0.29, 0.717) is 6.54 Å². The van der Waals surface area contributed by atoms with E-state index >= 15 is 0 Å². The predicted molar refractivity (Wildman–Crippen MR) is 88.5 cm³/mol. The van der Waals surface area contributed by atoms with Crippen molar-refractivity contribution < 1.29 is 4.79 Å². The van der Waals surface area contributed by atoms with Crippen LogP contribution in [0.2, 0.25) is 0 Å². The molecule has 0 aliphatic carbocycles. The highest BCUT2D eigenvalue weighted by Crippen LogP contribution is 2.26. The minimum atomic E-state index is 0.0869. The van der Waals surface area contributed by atoms with Gasteiger partial charge in [0.05, 0.1) is 5.56 Å². The van der Waals surface area contributed by atoms with Crippen molar-refractivity contribution in [3.8, 4) is 0 Å². The van der Waals surface area contributed by atoms with E-state index in [1.165, 1.54) is 5.56 Å². The van der Waals surface area contributed by atoms with Crippen molar-refractivity contribution in [2.75, 3.05) is 12.3 Å². The Morgan fingerprint density at radius 2 is 1.95 bits per heavy atom. The number of halogens is 1. The topological polar surface area (TPSA) is 46.3 Å². The number of carbonyl (C=O) groups is 1. The average Bonchev–Trinajstić information content (AvgIpc) is 2.47. The molecule has 1 aliphatic heterocycles. The van der Waals surface area contributed by atoms with Gasteiger partial charge < -0.3 is 10.6 Å². The Morgan fingerprint density at radius 3 is 2.75 bits per heavy atom. The molecule has 102 valence electrons. The number of benzene rings is 2. The summed E-state index contributed by atoms with van der Waals surface area (Å²) in [6.07, 6.45) is 0.871. The van der Waals surface area contributed by atoms with Gasteiger partial charge in [-0.05, 0) is 58.3 Å². The second-order valence-electron chi connectivity index (χ2n) is 4.94. The summed E-state index contributed by atoms with van der Waals surface area (Å²) in [5, 5.41) is 0.